The molecule has 1 saturated carbocycles. The maximum atomic E-state index is 12.2. The molecule has 0 spiro atoms. The second-order valence-electron chi connectivity index (χ2n) is 6.71. The predicted octanol–water partition coefficient (Wildman–Crippen LogP) is 4.53. The number of imide groups is 1. The average Bonchev–Trinajstić information content (AvgIpc) is 2.62. The second kappa shape index (κ2) is 8.54. The summed E-state index contributed by atoms with van der Waals surface area (Å²) >= 11 is 3.45. The molecule has 0 unspecified atom stereocenters. The lowest BCUT2D eigenvalue weighted by Crippen LogP contribution is -2.48. The maximum Gasteiger partial charge on any atom is 0.321 e. The molecule has 1 fully saturated rings. The number of hydrogen-bond acceptors (Lipinski definition) is 3. The third-order valence-electron chi connectivity index (χ3n) is 4.63. The van der Waals surface area contributed by atoms with Gasteiger partial charge in [0.2, 0.25) is 0 Å². The smallest absolute Gasteiger partial charge is 0.321 e. The monoisotopic (exact) mass is 418 g/mol. The van der Waals surface area contributed by atoms with Gasteiger partial charge in [0.15, 0.2) is 6.10 Å². The number of ether oxygens (including phenoxy) is 1. The topological polar surface area (TPSA) is 67.4 Å². The van der Waals surface area contributed by atoms with Gasteiger partial charge in [0.1, 0.15) is 5.75 Å². The third kappa shape index (κ3) is 4.97. The lowest BCUT2D eigenvalue weighted by molar-refractivity contribution is -0.126. The molecular formula is C20H23BrN2O3. The van der Waals surface area contributed by atoms with E-state index in [1.54, 1.807) is 6.92 Å². The summed E-state index contributed by atoms with van der Waals surface area (Å²) in [5.74, 6) is 0.143. The summed E-state index contributed by atoms with van der Waals surface area (Å²) in [4.78, 5) is 24.2. The van der Waals surface area contributed by atoms with Crippen molar-refractivity contribution in [1.29, 1.82) is 0 Å². The van der Waals surface area contributed by atoms with Crippen molar-refractivity contribution >= 4 is 38.6 Å². The molecular weight excluding hydrogens is 396 g/mol. The number of amides is 3. The molecule has 0 aliphatic heterocycles. The molecule has 1 aliphatic carbocycles. The van der Waals surface area contributed by atoms with Gasteiger partial charge in [-0.2, -0.15) is 0 Å². The third-order valence-corrected chi connectivity index (χ3v) is 5.13. The number of halogens is 1. The number of rotatable bonds is 4. The SMILES string of the molecule is C[C@H](Oc1ccc2cc(Br)ccc2c1)C(=O)NC(=O)NC1CCCCC1. The molecule has 2 N–H and O–H groups in total. The Morgan fingerprint density at radius 2 is 1.77 bits per heavy atom. The van der Waals surface area contributed by atoms with E-state index in [9.17, 15) is 9.59 Å². The molecule has 6 heteroatoms. The minimum Gasteiger partial charge on any atom is -0.481 e. The highest BCUT2D eigenvalue weighted by Crippen LogP contribution is 2.24. The second-order valence-corrected chi connectivity index (χ2v) is 7.63. The van der Waals surface area contributed by atoms with Crippen LogP contribution in [0.4, 0.5) is 4.79 Å². The number of carbonyl (C=O) groups excluding carboxylic acids is 2. The first-order valence-electron chi connectivity index (χ1n) is 8.98. The molecule has 0 saturated heterocycles. The zero-order chi connectivity index (χ0) is 18.5. The van der Waals surface area contributed by atoms with E-state index in [2.05, 4.69) is 26.6 Å². The van der Waals surface area contributed by atoms with E-state index in [-0.39, 0.29) is 6.04 Å². The average molecular weight is 419 g/mol. The molecule has 1 atom stereocenters. The van der Waals surface area contributed by atoms with Crippen molar-refractivity contribution in [1.82, 2.24) is 10.6 Å². The number of nitrogens with one attached hydrogen (secondary N) is 2. The first kappa shape index (κ1) is 18.7. The number of carbonyl (C=O) groups is 2. The van der Waals surface area contributed by atoms with Crippen molar-refractivity contribution in [2.24, 2.45) is 0 Å². The summed E-state index contributed by atoms with van der Waals surface area (Å²) in [6.45, 7) is 1.63. The van der Waals surface area contributed by atoms with Crippen LogP contribution < -0.4 is 15.4 Å². The van der Waals surface area contributed by atoms with E-state index in [0.29, 0.717) is 5.75 Å². The fourth-order valence-corrected chi connectivity index (χ4v) is 3.59. The highest BCUT2D eigenvalue weighted by Gasteiger charge is 2.20. The first-order chi connectivity index (χ1) is 12.5. The maximum absolute atomic E-state index is 12.2. The summed E-state index contributed by atoms with van der Waals surface area (Å²) in [6, 6.07) is 11.3. The molecule has 0 aromatic heterocycles. The summed E-state index contributed by atoms with van der Waals surface area (Å²) in [5.41, 5.74) is 0. The van der Waals surface area contributed by atoms with Gasteiger partial charge in [0.25, 0.3) is 5.91 Å². The molecule has 3 rings (SSSR count). The molecule has 0 radical (unpaired) electrons. The van der Waals surface area contributed by atoms with E-state index in [0.717, 1.165) is 40.9 Å². The largest absolute Gasteiger partial charge is 0.481 e. The molecule has 26 heavy (non-hydrogen) atoms. The minimum atomic E-state index is -0.764. The van der Waals surface area contributed by atoms with Crippen molar-refractivity contribution in [3.63, 3.8) is 0 Å². The summed E-state index contributed by atoms with van der Waals surface area (Å²) in [6.07, 6.45) is 4.64. The number of urea groups is 1. The number of benzene rings is 2. The molecule has 138 valence electrons. The van der Waals surface area contributed by atoms with Gasteiger partial charge in [0.05, 0.1) is 0 Å². The molecule has 3 amide bonds. The van der Waals surface area contributed by atoms with Gasteiger partial charge < -0.3 is 10.1 Å². The van der Waals surface area contributed by atoms with Crippen LogP contribution in [0.5, 0.6) is 5.75 Å². The van der Waals surface area contributed by atoms with Gasteiger partial charge in [0, 0.05) is 10.5 Å². The van der Waals surface area contributed by atoms with Gasteiger partial charge in [-0.3, -0.25) is 10.1 Å². The Labute approximate surface area is 161 Å². The van der Waals surface area contributed by atoms with Crippen LogP contribution in [0.1, 0.15) is 39.0 Å². The van der Waals surface area contributed by atoms with Crippen LogP contribution in [0.15, 0.2) is 40.9 Å². The highest BCUT2D eigenvalue weighted by molar-refractivity contribution is 9.10. The molecule has 5 nitrogen and oxygen atoms in total. The fraction of sp³-hybridized carbons (Fsp3) is 0.400. The Hall–Kier alpha value is -2.08. The molecule has 2 aromatic rings. The van der Waals surface area contributed by atoms with E-state index in [4.69, 9.17) is 4.74 Å². The fourth-order valence-electron chi connectivity index (χ4n) is 3.21. The van der Waals surface area contributed by atoms with Crippen LogP contribution in [-0.2, 0) is 4.79 Å². The van der Waals surface area contributed by atoms with E-state index < -0.39 is 18.0 Å². The molecule has 0 bridgehead atoms. The predicted molar refractivity (Wildman–Crippen MR) is 105 cm³/mol. The molecule has 2 aromatic carbocycles. The van der Waals surface area contributed by atoms with Gasteiger partial charge in [-0.1, -0.05) is 47.3 Å². The van der Waals surface area contributed by atoms with Gasteiger partial charge in [-0.15, -0.1) is 0 Å². The van der Waals surface area contributed by atoms with Gasteiger partial charge in [-0.25, -0.2) is 4.79 Å². The lowest BCUT2D eigenvalue weighted by atomic mass is 9.96. The van der Waals surface area contributed by atoms with Crippen LogP contribution in [0.3, 0.4) is 0 Å². The number of fused-ring (bicyclic) bond motifs is 1. The summed E-state index contributed by atoms with van der Waals surface area (Å²) < 4.78 is 6.71. The van der Waals surface area contributed by atoms with Gasteiger partial charge in [-0.05, 0) is 54.8 Å². The Bertz CT molecular complexity index is 803. The lowest BCUT2D eigenvalue weighted by Gasteiger charge is -2.23. The van der Waals surface area contributed by atoms with Crippen molar-refractivity contribution in [2.75, 3.05) is 0 Å². The van der Waals surface area contributed by atoms with Gasteiger partial charge >= 0.3 is 6.03 Å². The van der Waals surface area contributed by atoms with Crippen molar-refractivity contribution in [2.45, 2.75) is 51.2 Å². The van der Waals surface area contributed by atoms with E-state index >= 15 is 0 Å². The summed E-state index contributed by atoms with van der Waals surface area (Å²) in [7, 11) is 0. The zero-order valence-corrected chi connectivity index (χ0v) is 16.3. The molecule has 1 aliphatic rings. The van der Waals surface area contributed by atoms with Crippen LogP contribution >= 0.6 is 15.9 Å². The van der Waals surface area contributed by atoms with Crippen LogP contribution in [0.25, 0.3) is 10.8 Å². The standard InChI is InChI=1S/C20H23BrN2O3/c1-13(19(24)23-20(25)22-17-5-3-2-4-6-17)26-18-10-8-14-11-16(21)9-7-15(14)12-18/h7-13,17H,2-6H2,1H3,(H2,22,23,24,25)/t13-/m0/s1. The minimum absolute atomic E-state index is 0.160. The van der Waals surface area contributed by atoms with Crippen molar-refractivity contribution < 1.29 is 14.3 Å². The Balaban J connectivity index is 1.54. The zero-order valence-electron chi connectivity index (χ0n) is 14.8. The van der Waals surface area contributed by atoms with Crippen molar-refractivity contribution in [3.05, 3.63) is 40.9 Å². The van der Waals surface area contributed by atoms with E-state index in [1.165, 1.54) is 6.42 Å². The van der Waals surface area contributed by atoms with Crippen LogP contribution in [0.2, 0.25) is 0 Å². The van der Waals surface area contributed by atoms with Crippen LogP contribution in [-0.4, -0.2) is 24.1 Å². The summed E-state index contributed by atoms with van der Waals surface area (Å²) in [5, 5.41) is 7.34. The molecule has 0 heterocycles. The Morgan fingerprint density at radius 1 is 1.08 bits per heavy atom. The van der Waals surface area contributed by atoms with Crippen molar-refractivity contribution in [3.8, 4) is 5.75 Å². The highest BCUT2D eigenvalue weighted by atomic mass is 79.9. The normalized spacial score (nSPS) is 16.1. The quantitative estimate of drug-likeness (QED) is 0.766. The van der Waals surface area contributed by atoms with E-state index in [1.807, 2.05) is 36.4 Å². The van der Waals surface area contributed by atoms with Crippen LogP contribution in [0, 0.1) is 0 Å². The first-order valence-corrected chi connectivity index (χ1v) is 9.78. The Morgan fingerprint density at radius 3 is 2.54 bits per heavy atom. The number of hydrogen-bond donors (Lipinski definition) is 2. The Kier molecular flexibility index (Phi) is 6.14.